The molecule has 1 nitrogen and oxygen atoms in total. The minimum atomic E-state index is -0.655. The van der Waals surface area contributed by atoms with Crippen molar-refractivity contribution in [2.75, 3.05) is 0 Å². The summed E-state index contributed by atoms with van der Waals surface area (Å²) in [5.41, 5.74) is 0. The Labute approximate surface area is 71.6 Å². The van der Waals surface area contributed by atoms with E-state index in [4.69, 9.17) is 7.85 Å². The highest BCUT2D eigenvalue weighted by molar-refractivity contribution is 6.10. The summed E-state index contributed by atoms with van der Waals surface area (Å²) in [6.45, 7) is 8.50. The van der Waals surface area contributed by atoms with Gasteiger partial charge in [-0.15, -0.1) is 0 Å². The Kier molecular flexibility index (Phi) is 4.82. The topological polar surface area (TPSA) is 20.2 Å². The summed E-state index contributed by atoms with van der Waals surface area (Å²) in [5.74, 6) is 1.33. The van der Waals surface area contributed by atoms with Gasteiger partial charge in [0, 0.05) is 6.00 Å². The lowest BCUT2D eigenvalue weighted by molar-refractivity contribution is 0.132. The average molecular weight is 154 g/mol. The lowest BCUT2D eigenvalue weighted by atomic mass is 9.76. The third kappa shape index (κ3) is 4.46. The zero-order valence-electron chi connectivity index (χ0n) is 8.04. The molecule has 0 aliphatic heterocycles. The van der Waals surface area contributed by atoms with Crippen molar-refractivity contribution in [3.63, 3.8) is 0 Å². The van der Waals surface area contributed by atoms with Gasteiger partial charge in [0.15, 0.2) is 0 Å². The molecular formula is C9H19BO. The molecule has 0 heterocycles. The number of aliphatic hydroxyl groups excluding tert-OH is 1. The van der Waals surface area contributed by atoms with Gasteiger partial charge in [-0.1, -0.05) is 27.7 Å². The van der Waals surface area contributed by atoms with E-state index in [0.717, 1.165) is 6.42 Å². The summed E-state index contributed by atoms with van der Waals surface area (Å²) in [7, 11) is 5.44. The second kappa shape index (κ2) is 4.81. The van der Waals surface area contributed by atoms with Gasteiger partial charge >= 0.3 is 0 Å². The Hall–Kier alpha value is 0.0249. The SMILES string of the molecule is [B]C(O)C(CC(C)C)C(C)C. The van der Waals surface area contributed by atoms with Crippen LogP contribution in [-0.2, 0) is 0 Å². The molecule has 0 bridgehead atoms. The zero-order valence-corrected chi connectivity index (χ0v) is 8.04. The summed E-state index contributed by atoms with van der Waals surface area (Å²) >= 11 is 0. The number of hydrogen-bond acceptors (Lipinski definition) is 1. The summed E-state index contributed by atoms with van der Waals surface area (Å²) in [6, 6.07) is -0.655. The van der Waals surface area contributed by atoms with Crippen LogP contribution >= 0.6 is 0 Å². The van der Waals surface area contributed by atoms with Crippen molar-refractivity contribution in [2.45, 2.75) is 40.1 Å². The first-order valence-corrected chi connectivity index (χ1v) is 4.38. The fourth-order valence-corrected chi connectivity index (χ4v) is 1.35. The summed E-state index contributed by atoms with van der Waals surface area (Å²) in [5, 5.41) is 9.21. The third-order valence-corrected chi connectivity index (χ3v) is 2.04. The second-order valence-corrected chi connectivity index (χ2v) is 4.03. The Morgan fingerprint density at radius 2 is 1.64 bits per heavy atom. The van der Waals surface area contributed by atoms with Crippen LogP contribution in [0.2, 0.25) is 0 Å². The summed E-state index contributed by atoms with van der Waals surface area (Å²) in [4.78, 5) is 0. The number of rotatable bonds is 4. The standard InChI is InChI=1S/C9H19BO/c1-6(2)5-8(7(3)4)9(10)11/h6-9,11H,5H2,1-4H3. The van der Waals surface area contributed by atoms with E-state index in [9.17, 15) is 5.11 Å². The maximum atomic E-state index is 9.21. The van der Waals surface area contributed by atoms with Gasteiger partial charge in [-0.3, -0.25) is 0 Å². The monoisotopic (exact) mass is 154 g/mol. The predicted molar refractivity (Wildman–Crippen MR) is 49.5 cm³/mol. The molecule has 0 saturated heterocycles. The molecule has 11 heavy (non-hydrogen) atoms. The fraction of sp³-hybridized carbons (Fsp3) is 1.00. The Bertz CT molecular complexity index is 91.7. The minimum Gasteiger partial charge on any atom is -0.403 e. The average Bonchev–Trinajstić information content (AvgIpc) is 1.81. The van der Waals surface area contributed by atoms with Crippen LogP contribution in [0.25, 0.3) is 0 Å². The van der Waals surface area contributed by atoms with Crippen molar-refractivity contribution in [1.29, 1.82) is 0 Å². The molecule has 0 saturated carbocycles. The van der Waals surface area contributed by atoms with Crippen molar-refractivity contribution in [1.82, 2.24) is 0 Å². The fourth-order valence-electron chi connectivity index (χ4n) is 1.35. The normalized spacial score (nSPS) is 17.4. The van der Waals surface area contributed by atoms with Crippen LogP contribution in [0.1, 0.15) is 34.1 Å². The highest BCUT2D eigenvalue weighted by Crippen LogP contribution is 2.22. The van der Waals surface area contributed by atoms with Crippen molar-refractivity contribution >= 4 is 7.85 Å². The molecule has 2 radical (unpaired) electrons. The van der Waals surface area contributed by atoms with Crippen LogP contribution in [-0.4, -0.2) is 19.0 Å². The van der Waals surface area contributed by atoms with E-state index >= 15 is 0 Å². The molecule has 64 valence electrons. The molecule has 2 heteroatoms. The first kappa shape index (κ1) is 11.0. The second-order valence-electron chi connectivity index (χ2n) is 4.03. The van der Waals surface area contributed by atoms with Crippen LogP contribution in [0, 0.1) is 17.8 Å². The quantitative estimate of drug-likeness (QED) is 0.612. The lowest BCUT2D eigenvalue weighted by Crippen LogP contribution is -2.26. The first-order chi connectivity index (χ1) is 4.95. The molecular weight excluding hydrogens is 135 g/mol. The third-order valence-electron chi connectivity index (χ3n) is 2.04. The molecule has 0 fully saturated rings. The van der Waals surface area contributed by atoms with Crippen LogP contribution in [0.15, 0.2) is 0 Å². The van der Waals surface area contributed by atoms with Gasteiger partial charge in [0.05, 0.1) is 0 Å². The maximum Gasteiger partial charge on any atom is 0.108 e. The van der Waals surface area contributed by atoms with Crippen molar-refractivity contribution in [3.8, 4) is 0 Å². The zero-order chi connectivity index (χ0) is 9.02. The van der Waals surface area contributed by atoms with Crippen LogP contribution in [0.4, 0.5) is 0 Å². The predicted octanol–water partition coefficient (Wildman–Crippen LogP) is 1.79. The lowest BCUT2D eigenvalue weighted by Gasteiger charge is -2.25. The van der Waals surface area contributed by atoms with E-state index in [2.05, 4.69) is 27.7 Å². The van der Waals surface area contributed by atoms with E-state index in [1.165, 1.54) is 0 Å². The van der Waals surface area contributed by atoms with Crippen LogP contribution in [0.5, 0.6) is 0 Å². The summed E-state index contributed by atoms with van der Waals surface area (Å²) in [6.07, 6.45) is 1.01. The molecule has 0 aromatic carbocycles. The van der Waals surface area contributed by atoms with E-state index in [0.29, 0.717) is 11.8 Å². The van der Waals surface area contributed by atoms with E-state index in [-0.39, 0.29) is 5.92 Å². The molecule has 1 N–H and O–H groups in total. The first-order valence-electron chi connectivity index (χ1n) is 4.38. The summed E-state index contributed by atoms with van der Waals surface area (Å²) < 4.78 is 0. The Balaban J connectivity index is 3.90. The van der Waals surface area contributed by atoms with Gasteiger partial charge in [-0.05, 0) is 24.2 Å². The van der Waals surface area contributed by atoms with Gasteiger partial charge in [0.1, 0.15) is 7.85 Å². The van der Waals surface area contributed by atoms with Crippen LogP contribution in [0.3, 0.4) is 0 Å². The van der Waals surface area contributed by atoms with E-state index < -0.39 is 6.00 Å². The molecule has 0 amide bonds. The Morgan fingerprint density at radius 1 is 1.18 bits per heavy atom. The van der Waals surface area contributed by atoms with Gasteiger partial charge in [0.2, 0.25) is 0 Å². The molecule has 2 unspecified atom stereocenters. The number of aliphatic hydroxyl groups is 1. The minimum absolute atomic E-state index is 0.245. The molecule has 0 spiro atoms. The molecule has 0 aromatic heterocycles. The molecule has 0 aliphatic rings. The van der Waals surface area contributed by atoms with Gasteiger partial charge in [0.25, 0.3) is 0 Å². The van der Waals surface area contributed by atoms with Gasteiger partial charge in [-0.25, -0.2) is 0 Å². The van der Waals surface area contributed by atoms with Crippen molar-refractivity contribution in [2.24, 2.45) is 17.8 Å². The van der Waals surface area contributed by atoms with E-state index in [1.807, 2.05) is 0 Å². The molecule has 2 atom stereocenters. The van der Waals surface area contributed by atoms with Crippen LogP contribution < -0.4 is 0 Å². The van der Waals surface area contributed by atoms with Gasteiger partial charge < -0.3 is 5.11 Å². The molecule has 0 aromatic rings. The highest BCUT2D eigenvalue weighted by Gasteiger charge is 2.19. The van der Waals surface area contributed by atoms with Crippen molar-refractivity contribution in [3.05, 3.63) is 0 Å². The van der Waals surface area contributed by atoms with E-state index in [1.54, 1.807) is 0 Å². The Morgan fingerprint density at radius 3 is 1.73 bits per heavy atom. The smallest absolute Gasteiger partial charge is 0.108 e. The largest absolute Gasteiger partial charge is 0.403 e. The highest BCUT2D eigenvalue weighted by atomic mass is 16.3. The maximum absolute atomic E-state index is 9.21. The number of hydrogen-bond donors (Lipinski definition) is 1. The van der Waals surface area contributed by atoms with Gasteiger partial charge in [-0.2, -0.15) is 0 Å². The molecule has 0 aliphatic carbocycles. The molecule has 0 rings (SSSR count). The van der Waals surface area contributed by atoms with Crippen molar-refractivity contribution < 1.29 is 5.11 Å².